The van der Waals surface area contributed by atoms with Crippen molar-refractivity contribution in [3.63, 3.8) is 0 Å². The predicted molar refractivity (Wildman–Crippen MR) is 129 cm³/mol. The first-order chi connectivity index (χ1) is 15.3. The van der Waals surface area contributed by atoms with Gasteiger partial charge in [-0.15, -0.1) is 0 Å². The molecule has 1 aliphatic heterocycles. The van der Waals surface area contributed by atoms with Gasteiger partial charge >= 0.3 is 0 Å². The van der Waals surface area contributed by atoms with Gasteiger partial charge < -0.3 is 15.0 Å². The van der Waals surface area contributed by atoms with Crippen LogP contribution in [0, 0.1) is 5.92 Å². The quantitative estimate of drug-likeness (QED) is 0.589. The number of hydrogen-bond donors (Lipinski definition) is 1. The lowest BCUT2D eigenvalue weighted by Crippen LogP contribution is -2.52. The minimum absolute atomic E-state index is 0.0779. The molecule has 1 N–H and O–H groups in total. The van der Waals surface area contributed by atoms with Crippen molar-refractivity contribution < 1.29 is 9.53 Å². The Hall–Kier alpha value is -1.73. The maximum atomic E-state index is 10.6. The van der Waals surface area contributed by atoms with Gasteiger partial charge in [0.1, 0.15) is 11.6 Å². The minimum atomic E-state index is -0.0779. The van der Waals surface area contributed by atoms with Crippen LogP contribution in [0.3, 0.4) is 0 Å². The van der Waals surface area contributed by atoms with Gasteiger partial charge in [-0.3, -0.25) is 9.69 Å². The third kappa shape index (κ3) is 6.88. The number of piperazine rings is 1. The summed E-state index contributed by atoms with van der Waals surface area (Å²) in [6, 6.07) is 3.06. The van der Waals surface area contributed by atoms with Crippen LogP contribution >= 0.6 is 0 Å². The molecule has 2 heterocycles. The average molecular weight is 446 g/mol. The summed E-state index contributed by atoms with van der Waals surface area (Å²) in [5, 5.41) is 2.95. The third-order valence-electron chi connectivity index (χ3n) is 7.06. The molecule has 7 nitrogen and oxygen atoms in total. The zero-order valence-electron chi connectivity index (χ0n) is 20.8. The number of aromatic nitrogens is 2. The van der Waals surface area contributed by atoms with E-state index >= 15 is 0 Å². The molecular formula is C25H43N5O2. The molecule has 0 spiro atoms. The number of anilines is 1. The van der Waals surface area contributed by atoms with E-state index in [-0.39, 0.29) is 5.41 Å². The average Bonchev–Trinajstić information content (AvgIpc) is 2.77. The number of nitrogens with zero attached hydrogens (tertiary/aromatic N) is 4. The van der Waals surface area contributed by atoms with Gasteiger partial charge in [-0.25, -0.2) is 9.97 Å². The van der Waals surface area contributed by atoms with E-state index in [2.05, 4.69) is 48.9 Å². The number of amides is 1. The van der Waals surface area contributed by atoms with E-state index in [1.54, 1.807) is 7.11 Å². The number of carbonyl (C=O) groups is 1. The SMILES string of the molecule is COCCc1cc(N2CCN(CCC3CCC(NC=O)CC3)[C@H](C)C2)nc(C(C)(C)C)n1. The van der Waals surface area contributed by atoms with E-state index in [1.165, 1.54) is 25.8 Å². The molecule has 180 valence electrons. The van der Waals surface area contributed by atoms with Gasteiger partial charge in [0.05, 0.1) is 6.61 Å². The first-order valence-electron chi connectivity index (χ1n) is 12.4. The fourth-order valence-corrected chi connectivity index (χ4v) is 4.91. The van der Waals surface area contributed by atoms with E-state index in [0.717, 1.165) is 68.6 Å². The lowest BCUT2D eigenvalue weighted by atomic mass is 9.84. The molecule has 0 bridgehead atoms. The maximum Gasteiger partial charge on any atom is 0.207 e. The molecule has 1 aromatic rings. The van der Waals surface area contributed by atoms with E-state index in [4.69, 9.17) is 14.7 Å². The van der Waals surface area contributed by atoms with Crippen LogP contribution in [-0.2, 0) is 21.4 Å². The number of carbonyl (C=O) groups excluding carboxylic acids is 1. The summed E-state index contributed by atoms with van der Waals surface area (Å²) in [6.45, 7) is 13.8. The van der Waals surface area contributed by atoms with Crippen LogP contribution in [-0.4, -0.2) is 73.3 Å². The second-order valence-electron chi connectivity index (χ2n) is 10.7. The minimum Gasteiger partial charge on any atom is -0.384 e. The van der Waals surface area contributed by atoms with Crippen LogP contribution in [0.15, 0.2) is 6.07 Å². The zero-order valence-corrected chi connectivity index (χ0v) is 20.8. The lowest BCUT2D eigenvalue weighted by molar-refractivity contribution is -0.110. The Bertz CT molecular complexity index is 728. The Labute approximate surface area is 194 Å². The molecule has 2 fully saturated rings. The van der Waals surface area contributed by atoms with Crippen molar-refractivity contribution in [2.75, 3.05) is 44.8 Å². The fraction of sp³-hybridized carbons (Fsp3) is 0.800. The van der Waals surface area contributed by atoms with E-state index in [0.29, 0.717) is 18.7 Å². The number of rotatable bonds is 9. The highest BCUT2D eigenvalue weighted by Crippen LogP contribution is 2.28. The van der Waals surface area contributed by atoms with Crippen molar-refractivity contribution in [2.45, 2.75) is 83.7 Å². The molecule has 1 aliphatic carbocycles. The Morgan fingerprint density at radius 3 is 2.56 bits per heavy atom. The van der Waals surface area contributed by atoms with Crippen LogP contribution in [0.2, 0.25) is 0 Å². The second kappa shape index (κ2) is 11.4. The Morgan fingerprint density at radius 1 is 1.19 bits per heavy atom. The van der Waals surface area contributed by atoms with Crippen molar-refractivity contribution in [3.8, 4) is 0 Å². The molecule has 0 aromatic carbocycles. The van der Waals surface area contributed by atoms with Crippen molar-refractivity contribution in [3.05, 3.63) is 17.6 Å². The summed E-state index contributed by atoms with van der Waals surface area (Å²) in [5.41, 5.74) is 0.988. The van der Waals surface area contributed by atoms with Crippen molar-refractivity contribution in [1.29, 1.82) is 0 Å². The van der Waals surface area contributed by atoms with Gasteiger partial charge in [0.25, 0.3) is 0 Å². The molecule has 7 heteroatoms. The first kappa shape index (κ1) is 24.9. The van der Waals surface area contributed by atoms with Crippen molar-refractivity contribution in [1.82, 2.24) is 20.2 Å². The second-order valence-corrected chi connectivity index (χ2v) is 10.7. The Balaban J connectivity index is 1.56. The van der Waals surface area contributed by atoms with Crippen LogP contribution in [0.4, 0.5) is 5.82 Å². The van der Waals surface area contributed by atoms with Crippen LogP contribution in [0.25, 0.3) is 0 Å². The fourth-order valence-electron chi connectivity index (χ4n) is 4.91. The maximum absolute atomic E-state index is 10.6. The summed E-state index contributed by atoms with van der Waals surface area (Å²) in [7, 11) is 1.74. The summed E-state index contributed by atoms with van der Waals surface area (Å²) in [5.74, 6) is 2.77. The molecule has 1 saturated carbocycles. The number of nitrogens with one attached hydrogen (secondary N) is 1. The molecule has 1 amide bonds. The molecule has 1 saturated heterocycles. The van der Waals surface area contributed by atoms with Crippen molar-refractivity contribution in [2.24, 2.45) is 5.92 Å². The highest BCUT2D eigenvalue weighted by molar-refractivity contribution is 5.46. The third-order valence-corrected chi connectivity index (χ3v) is 7.06. The zero-order chi connectivity index (χ0) is 23.1. The lowest BCUT2D eigenvalue weighted by Gasteiger charge is -2.41. The smallest absolute Gasteiger partial charge is 0.207 e. The van der Waals surface area contributed by atoms with Gasteiger partial charge in [0, 0.05) is 62.4 Å². The van der Waals surface area contributed by atoms with Crippen LogP contribution in [0.1, 0.15) is 71.3 Å². The number of methoxy groups -OCH3 is 1. The van der Waals surface area contributed by atoms with Crippen molar-refractivity contribution >= 4 is 12.2 Å². The Kier molecular flexibility index (Phi) is 8.88. The predicted octanol–water partition coefficient (Wildman–Crippen LogP) is 3.17. The van der Waals surface area contributed by atoms with Gasteiger partial charge in [-0.05, 0) is 51.5 Å². The summed E-state index contributed by atoms with van der Waals surface area (Å²) >= 11 is 0. The first-order valence-corrected chi connectivity index (χ1v) is 12.4. The topological polar surface area (TPSA) is 70.6 Å². The molecule has 0 radical (unpaired) electrons. The van der Waals surface area contributed by atoms with Gasteiger partial charge in [-0.1, -0.05) is 20.8 Å². The molecule has 32 heavy (non-hydrogen) atoms. The molecule has 3 rings (SSSR count). The standard InChI is InChI=1S/C25H43N5O2/c1-19-17-30(23-16-22(11-15-32-5)27-24(28-23)25(2,3)4)14-13-29(19)12-10-20-6-8-21(9-7-20)26-18-31/h16,18-21H,6-15,17H2,1-5H3,(H,26,31)/t19-,20?,21?/m1/s1. The van der Waals surface area contributed by atoms with Gasteiger partial charge in [-0.2, -0.15) is 0 Å². The molecule has 1 atom stereocenters. The van der Waals surface area contributed by atoms with E-state index < -0.39 is 0 Å². The molecule has 1 aromatic heterocycles. The summed E-state index contributed by atoms with van der Waals surface area (Å²) < 4.78 is 5.28. The highest BCUT2D eigenvalue weighted by Gasteiger charge is 2.28. The molecule has 2 aliphatic rings. The number of ether oxygens (including phenoxy) is 1. The summed E-state index contributed by atoms with van der Waals surface area (Å²) in [6.07, 6.45) is 7.66. The van der Waals surface area contributed by atoms with Gasteiger partial charge in [0.15, 0.2) is 0 Å². The molecular weight excluding hydrogens is 402 g/mol. The molecule has 0 unspecified atom stereocenters. The summed E-state index contributed by atoms with van der Waals surface area (Å²) in [4.78, 5) is 25.5. The monoisotopic (exact) mass is 445 g/mol. The Morgan fingerprint density at radius 2 is 1.94 bits per heavy atom. The van der Waals surface area contributed by atoms with Gasteiger partial charge in [0.2, 0.25) is 6.41 Å². The van der Waals surface area contributed by atoms with Crippen LogP contribution in [0.5, 0.6) is 0 Å². The van der Waals surface area contributed by atoms with E-state index in [9.17, 15) is 4.79 Å². The normalized spacial score (nSPS) is 25.0. The van der Waals surface area contributed by atoms with Crippen LogP contribution < -0.4 is 10.2 Å². The largest absolute Gasteiger partial charge is 0.384 e. The highest BCUT2D eigenvalue weighted by atomic mass is 16.5. The van der Waals surface area contributed by atoms with E-state index in [1.807, 2.05) is 0 Å². The number of hydrogen-bond acceptors (Lipinski definition) is 6.